The topological polar surface area (TPSA) is 54.0 Å². The minimum Gasteiger partial charge on any atom is -0.326 e. The summed E-state index contributed by atoms with van der Waals surface area (Å²) in [5.74, 6) is 0.769. The van der Waals surface area contributed by atoms with Crippen molar-refractivity contribution in [2.45, 2.75) is 32.1 Å². The molecule has 1 saturated heterocycles. The number of nitrogens with one attached hydrogen (secondary N) is 2. The molecule has 182 valence electrons. The summed E-state index contributed by atoms with van der Waals surface area (Å²) in [6, 6.07) is 31.4. The van der Waals surface area contributed by atoms with Gasteiger partial charge < -0.3 is 10.6 Å². The highest BCUT2D eigenvalue weighted by Gasteiger charge is 2.27. The van der Waals surface area contributed by atoms with Crippen molar-refractivity contribution in [1.29, 1.82) is 0 Å². The van der Waals surface area contributed by atoms with Crippen LogP contribution < -0.4 is 10.6 Å². The molecule has 0 saturated carbocycles. The van der Waals surface area contributed by atoms with E-state index in [-0.39, 0.29) is 11.8 Å². The number of aromatic nitrogens is 1. The number of anilines is 1. The predicted molar refractivity (Wildman–Crippen MR) is 148 cm³/mol. The highest BCUT2D eigenvalue weighted by Crippen LogP contribution is 2.35. The van der Waals surface area contributed by atoms with E-state index in [1.165, 1.54) is 16.7 Å². The second-order valence-electron chi connectivity index (χ2n) is 9.70. The molecule has 0 radical (unpaired) electrons. The van der Waals surface area contributed by atoms with Gasteiger partial charge in [0.2, 0.25) is 5.91 Å². The highest BCUT2D eigenvalue weighted by atomic mass is 16.1. The van der Waals surface area contributed by atoms with Crippen LogP contribution in [0, 0.1) is 12.8 Å². The lowest BCUT2D eigenvalue weighted by Gasteiger charge is -2.31. The zero-order chi connectivity index (χ0) is 24.7. The maximum atomic E-state index is 13.2. The van der Waals surface area contributed by atoms with Crippen LogP contribution in [0.25, 0.3) is 22.3 Å². The highest BCUT2D eigenvalue weighted by molar-refractivity contribution is 5.91. The van der Waals surface area contributed by atoms with Crippen LogP contribution in [-0.2, 0) is 4.79 Å². The Bertz CT molecular complexity index is 1280. The molecular formula is C32H33N3O. The number of hydrogen-bond donors (Lipinski definition) is 2. The summed E-state index contributed by atoms with van der Waals surface area (Å²) in [5, 5.41) is 6.60. The van der Waals surface area contributed by atoms with Gasteiger partial charge in [0.25, 0.3) is 0 Å². The Labute approximate surface area is 213 Å². The van der Waals surface area contributed by atoms with Crippen molar-refractivity contribution in [2.75, 3.05) is 18.4 Å². The minimum atomic E-state index is 0.0678. The molecule has 1 aliphatic heterocycles. The van der Waals surface area contributed by atoms with Gasteiger partial charge >= 0.3 is 0 Å². The fraction of sp³-hybridized carbons (Fsp3) is 0.250. The molecule has 1 unspecified atom stereocenters. The molecule has 1 atom stereocenters. The molecule has 0 bridgehead atoms. The van der Waals surface area contributed by atoms with Crippen molar-refractivity contribution >= 4 is 11.6 Å². The van der Waals surface area contributed by atoms with Crippen molar-refractivity contribution in [3.63, 3.8) is 0 Å². The molecule has 1 fully saturated rings. The van der Waals surface area contributed by atoms with E-state index in [9.17, 15) is 4.79 Å². The molecule has 0 spiro atoms. The van der Waals surface area contributed by atoms with Gasteiger partial charge in [-0.2, -0.15) is 0 Å². The van der Waals surface area contributed by atoms with E-state index in [1.54, 1.807) is 0 Å². The van der Waals surface area contributed by atoms with Crippen LogP contribution in [0.5, 0.6) is 0 Å². The summed E-state index contributed by atoms with van der Waals surface area (Å²) >= 11 is 0. The normalized spacial score (nSPS) is 14.8. The van der Waals surface area contributed by atoms with Gasteiger partial charge in [0.15, 0.2) is 0 Å². The minimum absolute atomic E-state index is 0.0678. The molecule has 3 aromatic carbocycles. The van der Waals surface area contributed by atoms with E-state index in [2.05, 4.69) is 82.3 Å². The van der Waals surface area contributed by atoms with Crippen LogP contribution in [0.3, 0.4) is 0 Å². The second kappa shape index (κ2) is 11.3. The smallest absolute Gasteiger partial charge is 0.224 e. The zero-order valence-electron chi connectivity index (χ0n) is 20.8. The Morgan fingerprint density at radius 1 is 0.861 bits per heavy atom. The Hall–Kier alpha value is -3.76. The SMILES string of the molecule is Cc1cc(-c2ccc(NC(=O)CC(c3ccc(-c4ccccc4)cc3)C3CCNCC3)cc2)ccn1. The molecule has 36 heavy (non-hydrogen) atoms. The molecule has 0 aliphatic carbocycles. The fourth-order valence-corrected chi connectivity index (χ4v) is 5.24. The first-order valence-corrected chi connectivity index (χ1v) is 12.8. The number of rotatable bonds is 7. The number of aryl methyl sites for hydroxylation is 1. The summed E-state index contributed by atoms with van der Waals surface area (Å²) in [6.45, 7) is 4.02. The number of benzene rings is 3. The number of carbonyl (C=O) groups excluding carboxylic acids is 1. The molecular weight excluding hydrogens is 442 g/mol. The largest absolute Gasteiger partial charge is 0.326 e. The summed E-state index contributed by atoms with van der Waals surface area (Å²) in [7, 11) is 0. The van der Waals surface area contributed by atoms with Gasteiger partial charge in [-0.1, -0.05) is 66.7 Å². The van der Waals surface area contributed by atoms with Gasteiger partial charge in [-0.25, -0.2) is 0 Å². The molecule has 4 nitrogen and oxygen atoms in total. The molecule has 1 aromatic heterocycles. The lowest BCUT2D eigenvalue weighted by atomic mass is 9.78. The average molecular weight is 476 g/mol. The van der Waals surface area contributed by atoms with E-state index in [4.69, 9.17) is 0 Å². The lowest BCUT2D eigenvalue weighted by Crippen LogP contribution is -2.32. The van der Waals surface area contributed by atoms with E-state index >= 15 is 0 Å². The third-order valence-electron chi connectivity index (χ3n) is 7.20. The van der Waals surface area contributed by atoms with Crippen LogP contribution in [0.1, 0.15) is 36.4 Å². The number of nitrogens with zero attached hydrogens (tertiary/aromatic N) is 1. The number of piperidine rings is 1. The second-order valence-corrected chi connectivity index (χ2v) is 9.70. The van der Waals surface area contributed by atoms with Crippen molar-refractivity contribution in [1.82, 2.24) is 10.3 Å². The van der Waals surface area contributed by atoms with Crippen molar-refractivity contribution in [3.05, 3.63) is 108 Å². The van der Waals surface area contributed by atoms with E-state index < -0.39 is 0 Å². The van der Waals surface area contributed by atoms with Gasteiger partial charge in [-0.05, 0) is 96.8 Å². The molecule has 2 heterocycles. The molecule has 5 rings (SSSR count). The van der Waals surface area contributed by atoms with Gasteiger partial charge in [-0.15, -0.1) is 0 Å². The van der Waals surface area contributed by atoms with Crippen molar-refractivity contribution in [3.8, 4) is 22.3 Å². The summed E-state index contributed by atoms with van der Waals surface area (Å²) in [4.78, 5) is 17.5. The van der Waals surface area contributed by atoms with E-state index in [1.807, 2.05) is 37.4 Å². The van der Waals surface area contributed by atoms with Gasteiger partial charge in [0.1, 0.15) is 0 Å². The monoisotopic (exact) mass is 475 g/mol. The van der Waals surface area contributed by atoms with Crippen molar-refractivity contribution in [2.24, 2.45) is 5.92 Å². The van der Waals surface area contributed by atoms with Crippen LogP contribution in [-0.4, -0.2) is 24.0 Å². The first kappa shape index (κ1) is 24.0. The maximum Gasteiger partial charge on any atom is 0.224 e. The number of carbonyl (C=O) groups is 1. The number of pyridine rings is 1. The van der Waals surface area contributed by atoms with E-state index in [0.29, 0.717) is 12.3 Å². The third-order valence-corrected chi connectivity index (χ3v) is 7.20. The molecule has 1 amide bonds. The van der Waals surface area contributed by atoms with Crippen LogP contribution in [0.15, 0.2) is 97.2 Å². The molecule has 1 aliphatic rings. The average Bonchev–Trinajstić information content (AvgIpc) is 2.93. The first-order valence-electron chi connectivity index (χ1n) is 12.8. The molecule has 4 heteroatoms. The summed E-state index contributed by atoms with van der Waals surface area (Å²) < 4.78 is 0. The van der Waals surface area contributed by atoms with Gasteiger partial charge in [0, 0.05) is 24.0 Å². The maximum absolute atomic E-state index is 13.2. The van der Waals surface area contributed by atoms with Gasteiger partial charge in [0.05, 0.1) is 0 Å². The molecule has 4 aromatic rings. The summed E-state index contributed by atoms with van der Waals surface area (Å²) in [5.41, 5.74) is 7.74. The van der Waals surface area contributed by atoms with E-state index in [0.717, 1.165) is 48.4 Å². The Morgan fingerprint density at radius 2 is 1.50 bits per heavy atom. The third kappa shape index (κ3) is 5.89. The Morgan fingerprint density at radius 3 is 2.19 bits per heavy atom. The zero-order valence-corrected chi connectivity index (χ0v) is 20.8. The van der Waals surface area contributed by atoms with Crippen molar-refractivity contribution < 1.29 is 4.79 Å². The first-order chi connectivity index (χ1) is 17.7. The van der Waals surface area contributed by atoms with Crippen LogP contribution >= 0.6 is 0 Å². The summed E-state index contributed by atoms with van der Waals surface area (Å²) in [6.07, 6.45) is 4.51. The lowest BCUT2D eigenvalue weighted by molar-refractivity contribution is -0.116. The quantitative estimate of drug-likeness (QED) is 0.308. The number of amides is 1. The predicted octanol–water partition coefficient (Wildman–Crippen LogP) is 6.84. The fourth-order valence-electron chi connectivity index (χ4n) is 5.24. The van der Waals surface area contributed by atoms with Gasteiger partial charge in [-0.3, -0.25) is 9.78 Å². The van der Waals surface area contributed by atoms with Crippen LogP contribution in [0.2, 0.25) is 0 Å². The number of hydrogen-bond acceptors (Lipinski definition) is 3. The Balaban J connectivity index is 1.30. The Kier molecular flexibility index (Phi) is 7.53. The molecule has 2 N–H and O–H groups in total. The standard InChI is InChI=1S/C32H33N3O/c1-23-21-29(17-20-34-23)26-11-13-30(14-12-26)35-32(36)22-31(28-15-18-33-19-16-28)27-9-7-25(8-10-27)24-5-3-2-4-6-24/h2-14,17,20-21,28,31,33H,15-16,18-19,22H2,1H3,(H,35,36). The van der Waals surface area contributed by atoms with Crippen LogP contribution in [0.4, 0.5) is 5.69 Å².